The standard InChI is InChI=1S/C20H34N6O3/c1-12(2)19(6,11-22-17(28)20(7-8-20)24-18(21)29)23-16(27)10-15(5)26-14(4)9-13(3)25-26/h9,12,15H,7-8,10-11H2,1-6H3,(H,22,28)(H,23,27)(H3,21,24,29). The Kier molecular flexibility index (Phi) is 6.60. The molecule has 9 heteroatoms. The van der Waals surface area contributed by atoms with Crippen LogP contribution >= 0.6 is 0 Å². The van der Waals surface area contributed by atoms with E-state index >= 15 is 0 Å². The minimum Gasteiger partial charge on any atom is -0.352 e. The molecule has 1 heterocycles. The van der Waals surface area contributed by atoms with Crippen molar-refractivity contribution in [1.29, 1.82) is 0 Å². The van der Waals surface area contributed by atoms with E-state index in [-0.39, 0.29) is 36.7 Å². The molecule has 4 amide bonds. The predicted molar refractivity (Wildman–Crippen MR) is 110 cm³/mol. The number of carbonyl (C=O) groups is 3. The Labute approximate surface area is 172 Å². The van der Waals surface area contributed by atoms with Crippen LogP contribution in [0.5, 0.6) is 0 Å². The van der Waals surface area contributed by atoms with Crippen LogP contribution in [0.1, 0.15) is 64.4 Å². The van der Waals surface area contributed by atoms with E-state index in [9.17, 15) is 14.4 Å². The van der Waals surface area contributed by atoms with Crippen LogP contribution in [0.3, 0.4) is 0 Å². The Bertz CT molecular complexity index is 783. The summed E-state index contributed by atoms with van der Waals surface area (Å²) in [6.07, 6.45) is 1.41. The molecule has 0 spiro atoms. The summed E-state index contributed by atoms with van der Waals surface area (Å²) in [6, 6.07) is 1.19. The summed E-state index contributed by atoms with van der Waals surface area (Å²) in [4.78, 5) is 36.4. The van der Waals surface area contributed by atoms with Gasteiger partial charge in [0, 0.05) is 18.7 Å². The van der Waals surface area contributed by atoms with E-state index < -0.39 is 17.1 Å². The van der Waals surface area contributed by atoms with E-state index in [1.165, 1.54) is 0 Å². The highest BCUT2D eigenvalue weighted by Crippen LogP contribution is 2.35. The van der Waals surface area contributed by atoms with Crippen molar-refractivity contribution in [1.82, 2.24) is 25.7 Å². The summed E-state index contributed by atoms with van der Waals surface area (Å²) in [5, 5.41) is 12.9. The summed E-state index contributed by atoms with van der Waals surface area (Å²) < 4.78 is 1.86. The van der Waals surface area contributed by atoms with Gasteiger partial charge in [-0.1, -0.05) is 13.8 Å². The van der Waals surface area contributed by atoms with Crippen LogP contribution in [0, 0.1) is 19.8 Å². The van der Waals surface area contributed by atoms with Gasteiger partial charge in [0.1, 0.15) is 5.54 Å². The molecular formula is C20H34N6O3. The maximum absolute atomic E-state index is 12.7. The highest BCUT2D eigenvalue weighted by atomic mass is 16.2. The largest absolute Gasteiger partial charge is 0.352 e. The molecule has 0 radical (unpaired) electrons. The fraction of sp³-hybridized carbons (Fsp3) is 0.700. The lowest BCUT2D eigenvalue weighted by molar-refractivity contribution is -0.127. The van der Waals surface area contributed by atoms with Crippen molar-refractivity contribution in [3.63, 3.8) is 0 Å². The van der Waals surface area contributed by atoms with Crippen LogP contribution in [-0.2, 0) is 9.59 Å². The van der Waals surface area contributed by atoms with E-state index in [0.29, 0.717) is 12.8 Å². The Morgan fingerprint density at radius 3 is 2.34 bits per heavy atom. The normalized spacial score (nSPS) is 17.9. The number of aromatic nitrogens is 2. The summed E-state index contributed by atoms with van der Waals surface area (Å²) in [5.74, 6) is -0.296. The first-order valence-electron chi connectivity index (χ1n) is 10.1. The minimum absolute atomic E-state index is 0.0787. The number of nitrogens with two attached hydrogens (primary N) is 1. The van der Waals surface area contributed by atoms with Gasteiger partial charge in [-0.05, 0) is 52.5 Å². The fourth-order valence-electron chi connectivity index (χ4n) is 3.41. The number of carbonyl (C=O) groups excluding carboxylic acids is 3. The molecule has 9 nitrogen and oxygen atoms in total. The first kappa shape index (κ1) is 22.7. The van der Waals surface area contributed by atoms with E-state index in [1.54, 1.807) is 0 Å². The second kappa shape index (κ2) is 8.42. The number of hydrogen-bond acceptors (Lipinski definition) is 4. The summed E-state index contributed by atoms with van der Waals surface area (Å²) >= 11 is 0. The van der Waals surface area contributed by atoms with E-state index in [4.69, 9.17) is 5.73 Å². The Hall–Kier alpha value is -2.58. The number of hydrogen-bond donors (Lipinski definition) is 4. The second-order valence-electron chi connectivity index (χ2n) is 8.80. The highest BCUT2D eigenvalue weighted by molar-refractivity contribution is 5.93. The van der Waals surface area contributed by atoms with Crippen molar-refractivity contribution in [3.05, 3.63) is 17.5 Å². The van der Waals surface area contributed by atoms with Gasteiger partial charge in [0.2, 0.25) is 11.8 Å². The fourth-order valence-corrected chi connectivity index (χ4v) is 3.41. The Balaban J connectivity index is 1.97. The van der Waals surface area contributed by atoms with E-state index in [0.717, 1.165) is 11.4 Å². The van der Waals surface area contributed by atoms with Crippen LogP contribution in [-0.4, -0.2) is 45.2 Å². The van der Waals surface area contributed by atoms with Gasteiger partial charge in [0.25, 0.3) is 0 Å². The van der Waals surface area contributed by atoms with Gasteiger partial charge in [-0.2, -0.15) is 5.10 Å². The summed E-state index contributed by atoms with van der Waals surface area (Å²) in [6.45, 7) is 12.0. The minimum atomic E-state index is -0.905. The molecule has 0 saturated heterocycles. The Morgan fingerprint density at radius 1 is 1.28 bits per heavy atom. The highest BCUT2D eigenvalue weighted by Gasteiger charge is 2.51. The van der Waals surface area contributed by atoms with E-state index in [2.05, 4.69) is 21.0 Å². The number of nitrogens with zero attached hydrogens (tertiary/aromatic N) is 2. The lowest BCUT2D eigenvalue weighted by Gasteiger charge is -2.36. The summed E-state index contributed by atoms with van der Waals surface area (Å²) in [7, 11) is 0. The first-order valence-corrected chi connectivity index (χ1v) is 10.1. The van der Waals surface area contributed by atoms with Gasteiger partial charge in [-0.15, -0.1) is 0 Å². The maximum Gasteiger partial charge on any atom is 0.313 e. The molecule has 1 aromatic rings. The van der Waals surface area contributed by atoms with Crippen LogP contribution < -0.4 is 21.7 Å². The smallest absolute Gasteiger partial charge is 0.313 e. The molecule has 2 unspecified atom stereocenters. The number of rotatable bonds is 9. The molecule has 162 valence electrons. The molecule has 0 aliphatic heterocycles. The van der Waals surface area contributed by atoms with Gasteiger partial charge >= 0.3 is 6.03 Å². The molecule has 1 saturated carbocycles. The maximum atomic E-state index is 12.7. The van der Waals surface area contributed by atoms with Crippen LogP contribution in [0.25, 0.3) is 0 Å². The molecule has 1 aliphatic carbocycles. The van der Waals surface area contributed by atoms with Gasteiger partial charge in [0.05, 0.1) is 17.3 Å². The molecular weight excluding hydrogens is 372 g/mol. The molecule has 29 heavy (non-hydrogen) atoms. The van der Waals surface area contributed by atoms with Crippen molar-refractivity contribution in [3.8, 4) is 0 Å². The van der Waals surface area contributed by atoms with Crippen molar-refractivity contribution >= 4 is 17.8 Å². The molecule has 1 fully saturated rings. The second-order valence-corrected chi connectivity index (χ2v) is 8.80. The zero-order valence-corrected chi connectivity index (χ0v) is 18.3. The lowest BCUT2D eigenvalue weighted by Crippen LogP contribution is -2.59. The Morgan fingerprint density at radius 2 is 1.90 bits per heavy atom. The molecule has 0 aromatic carbocycles. The van der Waals surface area contributed by atoms with Crippen molar-refractivity contribution in [2.45, 2.75) is 77.9 Å². The third kappa shape index (κ3) is 5.48. The van der Waals surface area contributed by atoms with Crippen molar-refractivity contribution < 1.29 is 14.4 Å². The number of urea groups is 1. The molecule has 1 aromatic heterocycles. The predicted octanol–water partition coefficient (Wildman–Crippen LogP) is 1.30. The number of aryl methyl sites for hydroxylation is 2. The van der Waals surface area contributed by atoms with Gasteiger partial charge in [-0.25, -0.2) is 4.79 Å². The average Bonchev–Trinajstić information content (AvgIpc) is 3.28. The topological polar surface area (TPSA) is 131 Å². The van der Waals surface area contributed by atoms with Gasteiger partial charge in [-0.3, -0.25) is 14.3 Å². The lowest BCUT2D eigenvalue weighted by atomic mass is 9.87. The number of amides is 4. The monoisotopic (exact) mass is 406 g/mol. The zero-order valence-electron chi connectivity index (χ0n) is 18.3. The van der Waals surface area contributed by atoms with Crippen molar-refractivity contribution in [2.24, 2.45) is 11.7 Å². The third-order valence-electron chi connectivity index (χ3n) is 5.81. The first-order chi connectivity index (χ1) is 13.4. The number of primary amides is 1. The number of nitrogens with one attached hydrogen (secondary N) is 3. The van der Waals surface area contributed by atoms with Gasteiger partial charge < -0.3 is 21.7 Å². The van der Waals surface area contributed by atoms with Crippen LogP contribution in [0.15, 0.2) is 6.07 Å². The zero-order chi connectivity index (χ0) is 22.0. The molecule has 5 N–H and O–H groups in total. The molecule has 1 aliphatic rings. The average molecular weight is 407 g/mol. The third-order valence-corrected chi connectivity index (χ3v) is 5.81. The van der Waals surface area contributed by atoms with Crippen LogP contribution in [0.2, 0.25) is 0 Å². The molecule has 0 bridgehead atoms. The summed E-state index contributed by atoms with van der Waals surface area (Å²) in [5.41, 5.74) is 5.56. The van der Waals surface area contributed by atoms with Gasteiger partial charge in [0.15, 0.2) is 0 Å². The molecule has 2 atom stereocenters. The van der Waals surface area contributed by atoms with E-state index in [1.807, 2.05) is 52.3 Å². The quantitative estimate of drug-likeness (QED) is 0.492. The SMILES string of the molecule is Cc1cc(C)n(C(C)CC(=O)NC(C)(CNC(=O)C2(NC(N)=O)CC2)C(C)C)n1. The van der Waals surface area contributed by atoms with Crippen molar-refractivity contribution in [2.75, 3.05) is 6.54 Å². The van der Waals surface area contributed by atoms with Crippen LogP contribution in [0.4, 0.5) is 4.79 Å². The molecule has 2 rings (SSSR count).